The summed E-state index contributed by atoms with van der Waals surface area (Å²) in [6.45, 7) is 24.2. The first-order chi connectivity index (χ1) is 20.9. The predicted octanol–water partition coefficient (Wildman–Crippen LogP) is 9.83. The van der Waals surface area contributed by atoms with E-state index in [0.717, 1.165) is 38.0 Å². The van der Waals surface area contributed by atoms with E-state index in [2.05, 4.69) is 102 Å². The van der Waals surface area contributed by atoms with Gasteiger partial charge >= 0.3 is 0 Å². The van der Waals surface area contributed by atoms with Crippen molar-refractivity contribution in [1.29, 1.82) is 0 Å². The Morgan fingerprint density at radius 2 is 1.02 bits per heavy atom. The fraction of sp³-hybridized carbons (Fsp3) is 0.714. The predicted molar refractivity (Wildman–Crippen MR) is 189 cm³/mol. The van der Waals surface area contributed by atoms with Crippen LogP contribution in [0.5, 0.6) is 0 Å². The van der Waals surface area contributed by atoms with Gasteiger partial charge in [-0.3, -0.25) is 0 Å². The number of nitrogens with one attached hydrogen (secondary N) is 2. The lowest BCUT2D eigenvalue weighted by molar-refractivity contribution is 0.0234. The minimum atomic E-state index is 0.327. The molecule has 2 aromatic carbocycles. The molecule has 2 saturated carbocycles. The van der Waals surface area contributed by atoms with Crippen molar-refractivity contribution in [3.05, 3.63) is 69.8 Å². The van der Waals surface area contributed by atoms with Crippen LogP contribution < -0.4 is 10.6 Å². The largest absolute Gasteiger partial charge is 0.315 e. The summed E-state index contributed by atoms with van der Waals surface area (Å²) in [7, 11) is 0. The third kappa shape index (κ3) is 5.63. The summed E-state index contributed by atoms with van der Waals surface area (Å²) in [5, 5.41) is 7.95. The Hall–Kier alpha value is -1.64. The van der Waals surface area contributed by atoms with Gasteiger partial charge in [-0.1, -0.05) is 105 Å². The van der Waals surface area contributed by atoms with Crippen LogP contribution in [-0.2, 0) is 23.7 Å². The van der Waals surface area contributed by atoms with E-state index in [1.165, 1.54) is 75.3 Å². The van der Waals surface area contributed by atoms with Crippen molar-refractivity contribution in [2.45, 2.75) is 142 Å². The normalized spacial score (nSPS) is 34.8. The molecule has 0 amide bonds. The van der Waals surface area contributed by atoms with Gasteiger partial charge in [-0.25, -0.2) is 0 Å². The van der Waals surface area contributed by atoms with Gasteiger partial charge < -0.3 is 10.6 Å². The maximum absolute atomic E-state index is 3.97. The topological polar surface area (TPSA) is 24.1 Å². The highest BCUT2D eigenvalue weighted by molar-refractivity contribution is 5.43. The van der Waals surface area contributed by atoms with Crippen LogP contribution in [0.25, 0.3) is 0 Å². The molecule has 2 unspecified atom stereocenters. The zero-order valence-corrected chi connectivity index (χ0v) is 29.7. The van der Waals surface area contributed by atoms with Crippen LogP contribution in [0.4, 0.5) is 0 Å². The van der Waals surface area contributed by atoms with Crippen molar-refractivity contribution in [1.82, 2.24) is 10.6 Å². The minimum Gasteiger partial charge on any atom is -0.315 e. The second-order valence-corrected chi connectivity index (χ2v) is 17.5. The lowest BCUT2D eigenvalue weighted by atomic mass is 9.49. The molecule has 2 aromatic rings. The molecule has 0 spiro atoms. The molecule has 0 bridgehead atoms. The summed E-state index contributed by atoms with van der Waals surface area (Å²) in [6.07, 6.45) is 13.4. The molecule has 2 heteroatoms. The summed E-state index contributed by atoms with van der Waals surface area (Å²) in [4.78, 5) is 0. The molecule has 0 heterocycles. The van der Waals surface area contributed by atoms with Crippen LogP contribution in [0.3, 0.4) is 0 Å². The Balaban J connectivity index is 1.04. The Morgan fingerprint density at radius 3 is 1.41 bits per heavy atom. The molecular weight excluding hydrogens is 532 g/mol. The summed E-state index contributed by atoms with van der Waals surface area (Å²) in [6, 6.07) is 15.0. The highest BCUT2D eigenvalue weighted by Crippen LogP contribution is 2.58. The van der Waals surface area contributed by atoms with Crippen molar-refractivity contribution >= 4 is 0 Å². The molecule has 44 heavy (non-hydrogen) atoms. The Labute approximate surface area is 271 Å². The molecule has 242 valence electrons. The zero-order chi connectivity index (χ0) is 31.3. The van der Waals surface area contributed by atoms with Crippen LogP contribution >= 0.6 is 0 Å². The summed E-state index contributed by atoms with van der Waals surface area (Å²) in [5.41, 5.74) is 11.1. The van der Waals surface area contributed by atoms with Gasteiger partial charge in [-0.05, 0) is 130 Å². The van der Waals surface area contributed by atoms with Gasteiger partial charge in [-0.2, -0.15) is 0 Å². The van der Waals surface area contributed by atoms with E-state index in [-0.39, 0.29) is 0 Å². The number of rotatable bonds is 9. The van der Waals surface area contributed by atoms with E-state index in [4.69, 9.17) is 0 Å². The molecule has 0 aromatic heterocycles. The summed E-state index contributed by atoms with van der Waals surface area (Å²) >= 11 is 0. The van der Waals surface area contributed by atoms with E-state index in [1.807, 2.05) is 0 Å². The van der Waals surface area contributed by atoms with E-state index in [9.17, 15) is 0 Å². The maximum atomic E-state index is 3.97. The van der Waals surface area contributed by atoms with Gasteiger partial charge in [0.1, 0.15) is 0 Å². The molecule has 6 atom stereocenters. The smallest absolute Gasteiger partial charge is 0.00769 e. The van der Waals surface area contributed by atoms with Crippen LogP contribution in [-0.4, -0.2) is 26.2 Å². The van der Waals surface area contributed by atoms with Gasteiger partial charge in [0.15, 0.2) is 0 Å². The standard InChI is InChI=1S/C42H64N2/c1-29(2)31-11-15-35-33(25-31)13-17-37-39(5,19-9-21-41(35,37)7)27-43-23-24-44-28-40(6)20-10-22-42(8)36-16-12-32(30(3)4)26-34(36)14-18-38(40)42/h11-12,15-16,25-26,29-30,37-38,43-44H,9-10,13-14,17-24,27-28H2,1-8H3/t37?,38?,39-,40+,41-,42-/m1/s1. The van der Waals surface area contributed by atoms with Crippen LogP contribution in [0.1, 0.15) is 152 Å². The van der Waals surface area contributed by atoms with Crippen LogP contribution in [0.2, 0.25) is 0 Å². The fourth-order valence-corrected chi connectivity index (χ4v) is 11.4. The van der Waals surface area contributed by atoms with Gasteiger partial charge in [0.05, 0.1) is 0 Å². The first-order valence-electron chi connectivity index (χ1n) is 18.6. The second-order valence-electron chi connectivity index (χ2n) is 17.5. The van der Waals surface area contributed by atoms with Gasteiger partial charge in [0.2, 0.25) is 0 Å². The molecule has 2 fully saturated rings. The number of hydrogen-bond donors (Lipinski definition) is 2. The number of aryl methyl sites for hydroxylation is 2. The van der Waals surface area contributed by atoms with E-state index in [1.54, 1.807) is 22.3 Å². The molecule has 2 N–H and O–H groups in total. The van der Waals surface area contributed by atoms with Crippen molar-refractivity contribution in [2.24, 2.45) is 22.7 Å². The molecule has 4 aliphatic rings. The van der Waals surface area contributed by atoms with Crippen LogP contribution in [0.15, 0.2) is 36.4 Å². The first-order valence-corrected chi connectivity index (χ1v) is 18.6. The Morgan fingerprint density at radius 1 is 0.614 bits per heavy atom. The quantitative estimate of drug-likeness (QED) is 0.282. The lowest BCUT2D eigenvalue weighted by Crippen LogP contribution is -2.54. The van der Waals surface area contributed by atoms with E-state index >= 15 is 0 Å². The van der Waals surface area contributed by atoms with E-state index < -0.39 is 0 Å². The lowest BCUT2D eigenvalue weighted by Gasteiger charge is -2.56. The average Bonchev–Trinajstić information content (AvgIpc) is 2.98. The zero-order valence-electron chi connectivity index (χ0n) is 29.7. The molecular formula is C42H64N2. The van der Waals surface area contributed by atoms with Crippen molar-refractivity contribution in [3.8, 4) is 0 Å². The third-order valence-corrected chi connectivity index (χ3v) is 13.9. The molecule has 6 rings (SSSR count). The SMILES string of the molecule is CC(C)c1ccc2c(c1)CCC1[C@](C)(CNCCNC[C@@]3(C)CCC[C@]4(C)c5ccc(C(C)C)cc5CCC34)CCC[C@]21C. The van der Waals surface area contributed by atoms with Crippen molar-refractivity contribution < 1.29 is 0 Å². The summed E-state index contributed by atoms with van der Waals surface area (Å²) < 4.78 is 0. The first kappa shape index (κ1) is 32.3. The monoisotopic (exact) mass is 597 g/mol. The number of fused-ring (bicyclic) bond motifs is 6. The van der Waals surface area contributed by atoms with Gasteiger partial charge in [-0.15, -0.1) is 0 Å². The minimum absolute atomic E-state index is 0.327. The third-order valence-electron chi connectivity index (χ3n) is 13.9. The molecule has 0 saturated heterocycles. The van der Waals surface area contributed by atoms with Gasteiger partial charge in [0.25, 0.3) is 0 Å². The van der Waals surface area contributed by atoms with E-state index in [0.29, 0.717) is 33.5 Å². The molecule has 4 aliphatic carbocycles. The maximum Gasteiger partial charge on any atom is 0.00769 e. The molecule has 0 radical (unpaired) electrons. The highest BCUT2D eigenvalue weighted by atomic mass is 15.0. The highest BCUT2D eigenvalue weighted by Gasteiger charge is 2.52. The number of hydrogen-bond acceptors (Lipinski definition) is 2. The van der Waals surface area contributed by atoms with Crippen molar-refractivity contribution in [2.75, 3.05) is 26.2 Å². The average molecular weight is 597 g/mol. The Bertz CT molecular complexity index is 1220. The van der Waals surface area contributed by atoms with Crippen molar-refractivity contribution in [3.63, 3.8) is 0 Å². The molecule has 0 aliphatic heterocycles. The number of benzene rings is 2. The summed E-state index contributed by atoms with van der Waals surface area (Å²) in [5.74, 6) is 2.77. The molecule has 2 nitrogen and oxygen atoms in total. The Kier molecular flexibility index (Phi) is 8.95. The fourth-order valence-electron chi connectivity index (χ4n) is 11.4. The van der Waals surface area contributed by atoms with Crippen LogP contribution in [0, 0.1) is 22.7 Å². The second kappa shape index (κ2) is 12.2. The van der Waals surface area contributed by atoms with Gasteiger partial charge in [0, 0.05) is 26.2 Å².